The molecular weight excluding hydrogens is 176 g/mol. The second kappa shape index (κ2) is 3.35. The topological polar surface area (TPSA) is 40.6 Å². The van der Waals surface area contributed by atoms with Crippen LogP contribution >= 0.6 is 12.6 Å². The maximum absolute atomic E-state index is 11.3. The Balaban J connectivity index is 2.61. The van der Waals surface area contributed by atoms with E-state index in [1.165, 1.54) is 9.80 Å². The van der Waals surface area contributed by atoms with Gasteiger partial charge in [0.1, 0.15) is 0 Å². The number of β-lactam (4-membered cyclic amide) rings is 1. The molecule has 3 amide bonds. The zero-order valence-corrected chi connectivity index (χ0v) is 8.04. The van der Waals surface area contributed by atoms with Gasteiger partial charge in [-0.2, -0.15) is 12.6 Å². The highest BCUT2D eigenvalue weighted by Crippen LogP contribution is 2.21. The summed E-state index contributed by atoms with van der Waals surface area (Å²) < 4.78 is 0. The SMILES string of the molecule is CN(C)C(=O)N1C(=O)C[C@@H]1CS. The van der Waals surface area contributed by atoms with Crippen LogP contribution in [0.25, 0.3) is 0 Å². The van der Waals surface area contributed by atoms with E-state index in [0.29, 0.717) is 12.2 Å². The maximum atomic E-state index is 11.3. The molecule has 0 radical (unpaired) electrons. The first kappa shape index (κ1) is 9.38. The quantitative estimate of drug-likeness (QED) is 0.471. The van der Waals surface area contributed by atoms with Gasteiger partial charge in [0.15, 0.2) is 0 Å². The molecule has 0 N–H and O–H groups in total. The van der Waals surface area contributed by atoms with Gasteiger partial charge in [-0.25, -0.2) is 4.79 Å². The zero-order valence-electron chi connectivity index (χ0n) is 7.15. The lowest BCUT2D eigenvalue weighted by molar-refractivity contribution is -0.140. The normalized spacial score (nSPS) is 22.1. The number of hydrogen-bond acceptors (Lipinski definition) is 3. The Bertz CT molecular complexity index is 217. The first-order valence-corrected chi connectivity index (χ1v) is 4.35. The lowest BCUT2D eigenvalue weighted by atomic mass is 10.1. The van der Waals surface area contributed by atoms with E-state index in [0.717, 1.165) is 0 Å². The summed E-state index contributed by atoms with van der Waals surface area (Å²) in [7, 11) is 3.26. The molecule has 0 aromatic carbocycles. The standard InChI is InChI=1S/C7H12N2O2S/c1-8(2)7(11)9-5(4-12)3-6(9)10/h5,12H,3-4H2,1-2H3/t5-/m1/s1. The third-order valence-electron chi connectivity index (χ3n) is 1.84. The first-order chi connectivity index (χ1) is 5.57. The predicted octanol–water partition coefficient (Wildman–Crippen LogP) is 0.199. The third-order valence-corrected chi connectivity index (χ3v) is 2.26. The number of carbonyl (C=O) groups excluding carboxylic acids is 2. The number of likely N-dealkylation sites (tertiary alicyclic amines) is 1. The van der Waals surface area contributed by atoms with E-state index in [1.807, 2.05) is 0 Å². The van der Waals surface area contributed by atoms with Crippen LogP contribution < -0.4 is 0 Å². The molecule has 1 saturated heterocycles. The van der Waals surface area contributed by atoms with Gasteiger partial charge in [0.25, 0.3) is 0 Å². The summed E-state index contributed by atoms with van der Waals surface area (Å²) in [4.78, 5) is 24.9. The molecule has 0 unspecified atom stereocenters. The Kier molecular flexibility index (Phi) is 2.62. The predicted molar refractivity (Wildman–Crippen MR) is 48.2 cm³/mol. The molecule has 1 aliphatic rings. The van der Waals surface area contributed by atoms with Crippen LogP contribution in [0.1, 0.15) is 6.42 Å². The molecule has 1 aliphatic heterocycles. The summed E-state index contributed by atoms with van der Waals surface area (Å²) in [5, 5.41) is 0. The number of amides is 3. The van der Waals surface area contributed by atoms with Gasteiger partial charge in [0.2, 0.25) is 5.91 Å². The lowest BCUT2D eigenvalue weighted by Gasteiger charge is -2.38. The smallest absolute Gasteiger partial charge is 0.326 e. The first-order valence-electron chi connectivity index (χ1n) is 3.72. The minimum atomic E-state index is -0.245. The van der Waals surface area contributed by atoms with Gasteiger partial charge in [-0.3, -0.25) is 9.69 Å². The monoisotopic (exact) mass is 188 g/mol. The van der Waals surface area contributed by atoms with Crippen molar-refractivity contribution in [1.29, 1.82) is 0 Å². The van der Waals surface area contributed by atoms with Crippen LogP contribution in [0, 0.1) is 0 Å². The molecular formula is C7H12N2O2S. The molecule has 4 nitrogen and oxygen atoms in total. The van der Waals surface area contributed by atoms with Gasteiger partial charge in [-0.1, -0.05) is 0 Å². The number of imide groups is 1. The molecule has 5 heteroatoms. The molecule has 0 saturated carbocycles. The summed E-state index contributed by atoms with van der Waals surface area (Å²) in [6, 6.07) is -0.249. The van der Waals surface area contributed by atoms with Crippen LogP contribution in [-0.2, 0) is 4.79 Å². The number of urea groups is 1. The van der Waals surface area contributed by atoms with Gasteiger partial charge >= 0.3 is 6.03 Å². The van der Waals surface area contributed by atoms with Crippen LogP contribution in [0.2, 0.25) is 0 Å². The van der Waals surface area contributed by atoms with E-state index >= 15 is 0 Å². The summed E-state index contributed by atoms with van der Waals surface area (Å²) in [6.45, 7) is 0. The fourth-order valence-electron chi connectivity index (χ4n) is 1.11. The average Bonchev–Trinajstić information content (AvgIpc) is 1.99. The van der Waals surface area contributed by atoms with E-state index in [-0.39, 0.29) is 18.0 Å². The Labute approximate surface area is 76.9 Å². The van der Waals surface area contributed by atoms with Crippen LogP contribution in [0.3, 0.4) is 0 Å². The molecule has 0 aromatic heterocycles. The van der Waals surface area contributed by atoms with Crippen molar-refractivity contribution in [2.24, 2.45) is 0 Å². The Hall–Kier alpha value is -0.710. The van der Waals surface area contributed by atoms with Gasteiger partial charge < -0.3 is 4.90 Å². The fraction of sp³-hybridized carbons (Fsp3) is 0.714. The van der Waals surface area contributed by atoms with Crippen molar-refractivity contribution in [3.8, 4) is 0 Å². The molecule has 1 fully saturated rings. The number of rotatable bonds is 1. The molecule has 1 heterocycles. The van der Waals surface area contributed by atoms with Gasteiger partial charge in [-0.15, -0.1) is 0 Å². The Morgan fingerprint density at radius 1 is 1.75 bits per heavy atom. The number of carbonyl (C=O) groups is 2. The minimum absolute atomic E-state index is 0.00395. The average molecular weight is 188 g/mol. The highest BCUT2D eigenvalue weighted by molar-refractivity contribution is 7.80. The van der Waals surface area contributed by atoms with Gasteiger partial charge in [0, 0.05) is 26.3 Å². The molecule has 1 rings (SSSR count). The van der Waals surface area contributed by atoms with Gasteiger partial charge in [0.05, 0.1) is 6.04 Å². The molecule has 0 bridgehead atoms. The number of nitrogens with zero attached hydrogens (tertiary/aromatic N) is 2. The van der Waals surface area contributed by atoms with Crippen molar-refractivity contribution < 1.29 is 9.59 Å². The minimum Gasteiger partial charge on any atom is -0.330 e. The largest absolute Gasteiger partial charge is 0.330 e. The van der Waals surface area contributed by atoms with Crippen molar-refractivity contribution in [3.05, 3.63) is 0 Å². The van der Waals surface area contributed by atoms with Crippen LogP contribution in [0.5, 0.6) is 0 Å². The summed E-state index contributed by atoms with van der Waals surface area (Å²) in [6.07, 6.45) is 0.448. The van der Waals surface area contributed by atoms with E-state index in [1.54, 1.807) is 14.1 Å². The van der Waals surface area contributed by atoms with Crippen LogP contribution in [-0.4, -0.2) is 47.6 Å². The second-order valence-electron chi connectivity index (χ2n) is 2.98. The number of thiol groups is 1. The van der Waals surface area contributed by atoms with Crippen molar-refractivity contribution in [1.82, 2.24) is 9.80 Å². The third kappa shape index (κ3) is 1.41. The summed E-state index contributed by atoms with van der Waals surface area (Å²) in [5.74, 6) is 0.443. The summed E-state index contributed by atoms with van der Waals surface area (Å²) in [5.41, 5.74) is 0. The van der Waals surface area contributed by atoms with Crippen molar-refractivity contribution in [2.75, 3.05) is 19.8 Å². The van der Waals surface area contributed by atoms with Gasteiger partial charge in [-0.05, 0) is 0 Å². The molecule has 1 atom stereocenters. The zero-order chi connectivity index (χ0) is 9.30. The Morgan fingerprint density at radius 3 is 2.67 bits per heavy atom. The maximum Gasteiger partial charge on any atom is 0.326 e. The van der Waals surface area contributed by atoms with E-state index in [9.17, 15) is 9.59 Å². The van der Waals surface area contributed by atoms with Crippen LogP contribution in [0.4, 0.5) is 4.79 Å². The highest BCUT2D eigenvalue weighted by Gasteiger charge is 2.40. The Morgan fingerprint density at radius 2 is 2.33 bits per heavy atom. The number of hydrogen-bond donors (Lipinski definition) is 1. The summed E-state index contributed by atoms with van der Waals surface area (Å²) >= 11 is 4.05. The molecule has 0 aliphatic carbocycles. The van der Waals surface area contributed by atoms with Crippen molar-refractivity contribution in [3.63, 3.8) is 0 Å². The lowest BCUT2D eigenvalue weighted by Crippen LogP contribution is -2.59. The van der Waals surface area contributed by atoms with Crippen LogP contribution in [0.15, 0.2) is 0 Å². The van der Waals surface area contributed by atoms with Crippen molar-refractivity contribution >= 4 is 24.6 Å². The van der Waals surface area contributed by atoms with E-state index < -0.39 is 0 Å². The fourth-order valence-corrected chi connectivity index (χ4v) is 1.40. The molecule has 0 spiro atoms. The molecule has 12 heavy (non-hydrogen) atoms. The van der Waals surface area contributed by atoms with Crippen molar-refractivity contribution in [2.45, 2.75) is 12.5 Å². The van der Waals surface area contributed by atoms with E-state index in [4.69, 9.17) is 0 Å². The molecule has 68 valence electrons. The second-order valence-corrected chi connectivity index (χ2v) is 3.35. The molecule has 0 aromatic rings. The highest BCUT2D eigenvalue weighted by atomic mass is 32.1. The van der Waals surface area contributed by atoms with E-state index in [2.05, 4.69) is 12.6 Å².